The first-order valence-electron chi connectivity index (χ1n) is 10.6. The van der Waals surface area contributed by atoms with Crippen LogP contribution in [0.15, 0.2) is 11.6 Å². The Kier molecular flexibility index (Phi) is 8.17. The molecule has 0 aliphatic carbocycles. The van der Waals surface area contributed by atoms with Crippen LogP contribution in [0.5, 0.6) is 5.75 Å². The summed E-state index contributed by atoms with van der Waals surface area (Å²) in [7, 11) is -2.40. The van der Waals surface area contributed by atoms with Crippen molar-refractivity contribution in [3.8, 4) is 5.75 Å². The molecule has 1 aliphatic rings. The van der Waals surface area contributed by atoms with Gasteiger partial charge in [-0.3, -0.25) is 4.57 Å². The first kappa shape index (κ1) is 24.9. The van der Waals surface area contributed by atoms with E-state index in [9.17, 15) is 9.36 Å². The number of hydrogen-bond donors (Lipinski definition) is 0. The second-order valence-corrected chi connectivity index (χ2v) is 17.8. The lowest BCUT2D eigenvalue weighted by atomic mass is 9.89. The lowest BCUT2D eigenvalue weighted by Gasteiger charge is -2.22. The fourth-order valence-electron chi connectivity index (χ4n) is 3.80. The fourth-order valence-corrected chi connectivity index (χ4v) is 5.68. The molecule has 0 aromatic heterocycles. The number of fused-ring (bicyclic) bond motifs is 1. The van der Waals surface area contributed by atoms with Gasteiger partial charge in [0, 0.05) is 39.1 Å². The lowest BCUT2D eigenvalue weighted by molar-refractivity contribution is 0.0532. The van der Waals surface area contributed by atoms with Crippen molar-refractivity contribution in [1.82, 2.24) is 0 Å². The third kappa shape index (κ3) is 6.09. The van der Waals surface area contributed by atoms with E-state index in [4.69, 9.17) is 14.0 Å². The van der Waals surface area contributed by atoms with Crippen LogP contribution in [-0.4, -0.2) is 40.6 Å². The van der Waals surface area contributed by atoms with E-state index in [1.807, 2.05) is 6.92 Å². The van der Waals surface area contributed by atoms with E-state index in [1.54, 1.807) is 6.66 Å². The minimum atomic E-state index is -2.62. The molecule has 30 heavy (non-hydrogen) atoms. The van der Waals surface area contributed by atoms with Crippen LogP contribution in [0.3, 0.4) is 0 Å². The molecule has 0 saturated carbocycles. The third-order valence-corrected chi connectivity index (χ3v) is 9.20. The smallest absolute Gasteiger partial charge is 0.342 e. The monoisotopic (exact) mass is 452 g/mol. The number of cyclic esters (lactones) is 1. The average molecular weight is 453 g/mol. The molecular formula is C23H37O5PSi. The molecule has 1 atom stereocenters. The van der Waals surface area contributed by atoms with Crippen LogP contribution in [0.4, 0.5) is 0 Å². The second kappa shape index (κ2) is 9.84. The maximum Gasteiger partial charge on any atom is 0.342 e. The topological polar surface area (TPSA) is 61.8 Å². The molecule has 1 aromatic carbocycles. The summed E-state index contributed by atoms with van der Waals surface area (Å²) in [6, 6.07) is 1.02. The Labute approximate surface area is 182 Å². The Morgan fingerprint density at radius 1 is 1.27 bits per heavy atom. The molecule has 0 radical (unpaired) electrons. The normalized spacial score (nSPS) is 16.3. The predicted molar refractivity (Wildman–Crippen MR) is 126 cm³/mol. The van der Waals surface area contributed by atoms with E-state index in [0.29, 0.717) is 37.1 Å². The standard InChI is InChI=1S/C23H37O5PSi/c1-9-18-17(3)20-14-28-23(24)21(20)22(27-12-13-30(6,7)8)19(18)11-10-16(2)15-29(5,25)26-4/h10H,9,11-15H2,1-8H3/b16-10+. The number of allylic oxidation sites excluding steroid dienone is 2. The zero-order chi connectivity index (χ0) is 22.7. The highest BCUT2D eigenvalue weighted by Crippen LogP contribution is 2.43. The Morgan fingerprint density at radius 3 is 2.50 bits per heavy atom. The van der Waals surface area contributed by atoms with E-state index in [0.717, 1.165) is 34.7 Å². The van der Waals surface area contributed by atoms with Gasteiger partial charge >= 0.3 is 5.97 Å². The molecule has 1 heterocycles. The van der Waals surface area contributed by atoms with Gasteiger partial charge in [0.05, 0.1) is 6.61 Å². The van der Waals surface area contributed by atoms with Gasteiger partial charge in [0.1, 0.15) is 17.9 Å². The van der Waals surface area contributed by atoms with Crippen LogP contribution >= 0.6 is 7.37 Å². The molecular weight excluding hydrogens is 415 g/mol. The summed E-state index contributed by atoms with van der Waals surface area (Å²) in [6.07, 6.45) is 3.98. The Bertz CT molecular complexity index is 883. The van der Waals surface area contributed by atoms with Crippen molar-refractivity contribution in [2.75, 3.05) is 26.5 Å². The van der Waals surface area contributed by atoms with Gasteiger partial charge in [-0.1, -0.05) is 38.2 Å². The molecule has 5 nitrogen and oxygen atoms in total. The lowest BCUT2D eigenvalue weighted by Crippen LogP contribution is -2.23. The van der Waals surface area contributed by atoms with Crippen molar-refractivity contribution in [3.05, 3.63) is 39.5 Å². The summed E-state index contributed by atoms with van der Waals surface area (Å²) in [5.41, 5.74) is 5.95. The molecule has 0 N–H and O–H groups in total. The number of carbonyl (C=O) groups is 1. The quantitative estimate of drug-likeness (QED) is 0.189. The molecule has 168 valence electrons. The minimum absolute atomic E-state index is 0.293. The van der Waals surface area contributed by atoms with Gasteiger partial charge < -0.3 is 14.0 Å². The van der Waals surface area contributed by atoms with Crippen LogP contribution in [0.1, 0.15) is 46.5 Å². The van der Waals surface area contributed by atoms with E-state index in [2.05, 4.69) is 39.6 Å². The van der Waals surface area contributed by atoms with Gasteiger partial charge in [0.25, 0.3) is 0 Å². The first-order valence-corrected chi connectivity index (χ1v) is 16.6. The van der Waals surface area contributed by atoms with Gasteiger partial charge in [-0.25, -0.2) is 4.79 Å². The average Bonchev–Trinajstić information content (AvgIpc) is 3.02. The highest BCUT2D eigenvalue weighted by atomic mass is 31.2. The fraction of sp³-hybridized carbons (Fsp3) is 0.609. The van der Waals surface area contributed by atoms with Crippen molar-refractivity contribution >= 4 is 21.4 Å². The summed E-state index contributed by atoms with van der Waals surface area (Å²) < 4.78 is 29.2. The van der Waals surface area contributed by atoms with Crippen LogP contribution in [0.2, 0.25) is 25.7 Å². The Balaban J connectivity index is 2.48. The molecule has 7 heteroatoms. The highest BCUT2D eigenvalue weighted by Gasteiger charge is 2.32. The molecule has 1 aromatic rings. The number of carbonyl (C=O) groups excluding carboxylic acids is 1. The van der Waals surface area contributed by atoms with E-state index in [-0.39, 0.29) is 5.97 Å². The molecule has 0 spiro atoms. The van der Waals surface area contributed by atoms with Crippen LogP contribution in [0.25, 0.3) is 0 Å². The van der Waals surface area contributed by atoms with Gasteiger partial charge in [0.2, 0.25) is 7.37 Å². The van der Waals surface area contributed by atoms with E-state index >= 15 is 0 Å². The number of hydrogen-bond acceptors (Lipinski definition) is 5. The Hall–Kier alpha value is -1.36. The number of esters is 1. The van der Waals surface area contributed by atoms with Crippen molar-refractivity contribution < 1.29 is 23.4 Å². The van der Waals surface area contributed by atoms with E-state index in [1.165, 1.54) is 12.7 Å². The second-order valence-electron chi connectivity index (χ2n) is 9.46. The summed E-state index contributed by atoms with van der Waals surface area (Å²) in [5.74, 6) is 0.391. The van der Waals surface area contributed by atoms with Crippen molar-refractivity contribution in [1.29, 1.82) is 0 Å². The maximum absolute atomic E-state index is 12.6. The van der Waals surface area contributed by atoms with Crippen LogP contribution in [0, 0.1) is 6.92 Å². The van der Waals surface area contributed by atoms with Gasteiger partial charge in [-0.2, -0.15) is 0 Å². The maximum atomic E-state index is 12.6. The zero-order valence-corrected chi connectivity index (χ0v) is 21.7. The van der Waals surface area contributed by atoms with Gasteiger partial charge in [-0.05, 0) is 43.9 Å². The molecule has 0 saturated heterocycles. The molecule has 0 fully saturated rings. The zero-order valence-electron chi connectivity index (χ0n) is 19.8. The van der Waals surface area contributed by atoms with Crippen LogP contribution in [-0.2, 0) is 33.3 Å². The summed E-state index contributed by atoms with van der Waals surface area (Å²) >= 11 is 0. The molecule has 0 bridgehead atoms. The van der Waals surface area contributed by atoms with Crippen LogP contribution < -0.4 is 4.74 Å². The minimum Gasteiger partial charge on any atom is -0.493 e. The summed E-state index contributed by atoms with van der Waals surface area (Å²) in [4.78, 5) is 12.6. The van der Waals surface area contributed by atoms with Gasteiger partial charge in [-0.15, -0.1) is 0 Å². The Morgan fingerprint density at radius 2 is 1.93 bits per heavy atom. The van der Waals surface area contributed by atoms with Crippen molar-refractivity contribution in [2.45, 2.75) is 65.9 Å². The number of benzene rings is 1. The predicted octanol–water partition coefficient (Wildman–Crippen LogP) is 5.99. The van der Waals surface area contributed by atoms with E-state index < -0.39 is 15.4 Å². The summed E-state index contributed by atoms with van der Waals surface area (Å²) in [5, 5.41) is 0. The van der Waals surface area contributed by atoms with Crippen molar-refractivity contribution in [2.24, 2.45) is 0 Å². The van der Waals surface area contributed by atoms with Crippen molar-refractivity contribution in [3.63, 3.8) is 0 Å². The third-order valence-electron chi connectivity index (χ3n) is 5.65. The largest absolute Gasteiger partial charge is 0.493 e. The number of ether oxygens (including phenoxy) is 2. The molecule has 0 amide bonds. The molecule has 1 unspecified atom stereocenters. The summed E-state index contributed by atoms with van der Waals surface area (Å²) in [6.45, 7) is 15.7. The molecule has 1 aliphatic heterocycles. The molecule has 2 rings (SSSR count). The first-order chi connectivity index (χ1) is 13.9. The highest BCUT2D eigenvalue weighted by molar-refractivity contribution is 7.58. The SMILES string of the molecule is CCc1c(C)c2c(c(OCC[Si](C)(C)C)c1C/C=C(\C)CP(C)(=O)OC)C(=O)OC2. The number of rotatable bonds is 10. The van der Waals surface area contributed by atoms with Gasteiger partial charge in [0.15, 0.2) is 0 Å².